The van der Waals surface area contributed by atoms with Gasteiger partial charge in [-0.2, -0.15) is 0 Å². The first kappa shape index (κ1) is 35.0. The summed E-state index contributed by atoms with van der Waals surface area (Å²) >= 11 is 12.7. The van der Waals surface area contributed by atoms with Crippen molar-refractivity contribution in [3.63, 3.8) is 0 Å². The SMILES string of the molecule is CC(C)NC(=O)[C@@H](Cc1ccccc1)N(Cc1ccc(Cl)cc1Cl)C(=O)CN(c1ccc(F)cc1)S(=O)(=O)c1ccc2c(c1)OCCO2. The van der Waals surface area contributed by atoms with Crippen LogP contribution in [0.4, 0.5) is 10.1 Å². The van der Waals surface area contributed by atoms with Gasteiger partial charge in [-0.15, -0.1) is 0 Å². The third-order valence-electron chi connectivity index (χ3n) is 7.55. The van der Waals surface area contributed by atoms with Gasteiger partial charge in [0.1, 0.15) is 31.6 Å². The second-order valence-corrected chi connectivity index (χ2v) is 14.1. The van der Waals surface area contributed by atoms with Gasteiger partial charge >= 0.3 is 0 Å². The van der Waals surface area contributed by atoms with Gasteiger partial charge in [-0.25, -0.2) is 12.8 Å². The zero-order chi connectivity index (χ0) is 34.4. The van der Waals surface area contributed by atoms with Crippen molar-refractivity contribution in [2.45, 2.75) is 43.8 Å². The number of rotatable bonds is 12. The molecule has 1 aliphatic heterocycles. The molecule has 0 aromatic heterocycles. The number of sulfonamides is 1. The van der Waals surface area contributed by atoms with Crippen LogP contribution in [0.2, 0.25) is 10.0 Å². The Morgan fingerprint density at radius 3 is 2.25 bits per heavy atom. The van der Waals surface area contributed by atoms with Gasteiger partial charge in [-0.05, 0) is 73.5 Å². The first-order valence-corrected chi connectivity index (χ1v) is 17.4. The Bertz CT molecular complexity index is 1880. The summed E-state index contributed by atoms with van der Waals surface area (Å²) < 4.78 is 54.7. The number of amides is 2. The molecular weight excluding hydrogens is 680 g/mol. The number of fused-ring (bicyclic) bond motifs is 1. The molecule has 1 heterocycles. The first-order chi connectivity index (χ1) is 22.9. The maximum Gasteiger partial charge on any atom is 0.264 e. The Hall–Kier alpha value is -4.32. The molecule has 1 N–H and O–H groups in total. The number of carbonyl (C=O) groups excluding carboxylic acids is 2. The maximum absolute atomic E-state index is 14.6. The van der Waals surface area contributed by atoms with Crippen molar-refractivity contribution in [1.29, 1.82) is 0 Å². The molecular formula is C35H34Cl2FN3O6S. The van der Waals surface area contributed by atoms with E-state index in [1.54, 1.807) is 26.0 Å². The van der Waals surface area contributed by atoms with Gasteiger partial charge in [-0.3, -0.25) is 13.9 Å². The third-order valence-corrected chi connectivity index (χ3v) is 9.91. The van der Waals surface area contributed by atoms with E-state index in [0.717, 1.165) is 22.0 Å². The van der Waals surface area contributed by atoms with Gasteiger partial charge in [0.15, 0.2) is 11.5 Å². The predicted octanol–water partition coefficient (Wildman–Crippen LogP) is 6.26. The van der Waals surface area contributed by atoms with Gasteiger partial charge < -0.3 is 19.7 Å². The molecule has 0 aliphatic carbocycles. The highest BCUT2D eigenvalue weighted by Gasteiger charge is 2.35. The zero-order valence-corrected chi connectivity index (χ0v) is 28.6. The molecule has 1 atom stereocenters. The summed E-state index contributed by atoms with van der Waals surface area (Å²) in [7, 11) is -4.46. The van der Waals surface area contributed by atoms with E-state index in [9.17, 15) is 22.4 Å². The molecule has 0 spiro atoms. The third kappa shape index (κ3) is 8.39. The normalized spacial score (nSPS) is 13.1. The van der Waals surface area contributed by atoms with Gasteiger partial charge in [-0.1, -0.05) is 59.6 Å². The molecule has 13 heteroatoms. The molecule has 4 aromatic carbocycles. The molecule has 2 amide bonds. The van der Waals surface area contributed by atoms with E-state index in [1.165, 1.54) is 41.3 Å². The number of ether oxygens (including phenoxy) is 2. The van der Waals surface area contributed by atoms with Crippen LogP contribution in [0.1, 0.15) is 25.0 Å². The predicted molar refractivity (Wildman–Crippen MR) is 183 cm³/mol. The van der Waals surface area contributed by atoms with Crippen LogP contribution in [-0.2, 0) is 32.6 Å². The Balaban J connectivity index is 1.59. The summed E-state index contributed by atoms with van der Waals surface area (Å²) in [4.78, 5) is 29.5. The van der Waals surface area contributed by atoms with E-state index in [-0.39, 0.29) is 47.0 Å². The van der Waals surface area contributed by atoms with Crippen molar-refractivity contribution < 1.29 is 31.9 Å². The molecule has 0 radical (unpaired) electrons. The number of carbonyl (C=O) groups is 2. The summed E-state index contributed by atoms with van der Waals surface area (Å²) in [5.41, 5.74) is 1.31. The number of nitrogens with one attached hydrogen (secondary N) is 1. The largest absolute Gasteiger partial charge is 0.486 e. The number of hydrogen-bond donors (Lipinski definition) is 1. The van der Waals surface area contributed by atoms with Crippen LogP contribution in [0.3, 0.4) is 0 Å². The van der Waals surface area contributed by atoms with E-state index < -0.39 is 40.2 Å². The van der Waals surface area contributed by atoms with Crippen LogP contribution in [0.15, 0.2) is 95.9 Å². The highest BCUT2D eigenvalue weighted by molar-refractivity contribution is 7.92. The Labute approximate surface area is 289 Å². The van der Waals surface area contributed by atoms with E-state index in [1.807, 2.05) is 30.3 Å². The van der Waals surface area contributed by atoms with Crippen LogP contribution in [0, 0.1) is 5.82 Å². The zero-order valence-electron chi connectivity index (χ0n) is 26.2. The van der Waals surface area contributed by atoms with Crippen molar-refractivity contribution >= 4 is 50.7 Å². The molecule has 48 heavy (non-hydrogen) atoms. The molecule has 0 unspecified atom stereocenters. The fourth-order valence-corrected chi connectivity index (χ4v) is 7.11. The maximum atomic E-state index is 14.6. The van der Waals surface area contributed by atoms with Gasteiger partial charge in [0.05, 0.1) is 10.6 Å². The Morgan fingerprint density at radius 2 is 1.58 bits per heavy atom. The van der Waals surface area contributed by atoms with Gasteiger partial charge in [0.2, 0.25) is 11.8 Å². The molecule has 0 saturated carbocycles. The molecule has 0 fully saturated rings. The fraction of sp³-hybridized carbons (Fsp3) is 0.257. The van der Waals surface area contributed by atoms with Crippen LogP contribution in [0.25, 0.3) is 0 Å². The summed E-state index contributed by atoms with van der Waals surface area (Å²) in [6, 6.07) is 21.5. The number of anilines is 1. The lowest BCUT2D eigenvalue weighted by molar-refractivity contribution is -0.140. The summed E-state index contributed by atoms with van der Waals surface area (Å²) in [5, 5.41) is 3.55. The fourth-order valence-electron chi connectivity index (χ4n) is 5.22. The topological polar surface area (TPSA) is 105 Å². The average molecular weight is 715 g/mol. The standard InChI is InChI=1S/C35H34Cl2FN3O6S/c1-23(2)39-35(43)31(18-24-6-4-3-5-7-24)40(21-25-8-9-26(36)19-30(25)37)34(42)22-41(28-12-10-27(38)11-13-28)48(44,45)29-14-15-32-33(20-29)47-17-16-46-32/h3-15,19-20,23,31H,16-18,21-22H2,1-2H3,(H,39,43)/t31-/m1/s1. The highest BCUT2D eigenvalue weighted by atomic mass is 35.5. The van der Waals surface area contributed by atoms with Gasteiger partial charge in [0, 0.05) is 35.1 Å². The Kier molecular flexibility index (Phi) is 11.1. The average Bonchev–Trinajstić information content (AvgIpc) is 3.06. The minimum atomic E-state index is -4.46. The quantitative estimate of drug-likeness (QED) is 0.186. The second-order valence-electron chi connectivity index (χ2n) is 11.4. The number of benzene rings is 4. The number of nitrogens with zero attached hydrogens (tertiary/aromatic N) is 2. The van der Waals surface area contributed by atoms with Crippen molar-refractivity contribution in [3.8, 4) is 11.5 Å². The van der Waals surface area contributed by atoms with Crippen LogP contribution < -0.4 is 19.1 Å². The van der Waals surface area contributed by atoms with Crippen molar-refractivity contribution in [2.75, 3.05) is 24.1 Å². The summed E-state index contributed by atoms with van der Waals surface area (Å²) in [5.74, 6) is -1.11. The lowest BCUT2D eigenvalue weighted by atomic mass is 10.0. The summed E-state index contributed by atoms with van der Waals surface area (Å²) in [6.07, 6.45) is 0.127. The minimum Gasteiger partial charge on any atom is -0.486 e. The molecule has 252 valence electrons. The Morgan fingerprint density at radius 1 is 0.896 bits per heavy atom. The van der Waals surface area contributed by atoms with E-state index in [0.29, 0.717) is 22.9 Å². The van der Waals surface area contributed by atoms with Crippen LogP contribution in [-0.4, -0.2) is 57.0 Å². The molecule has 5 rings (SSSR count). The lowest BCUT2D eigenvalue weighted by Gasteiger charge is -2.34. The molecule has 1 aliphatic rings. The molecule has 0 saturated heterocycles. The number of hydrogen-bond acceptors (Lipinski definition) is 6. The first-order valence-electron chi connectivity index (χ1n) is 15.2. The van der Waals surface area contributed by atoms with Crippen molar-refractivity contribution in [3.05, 3.63) is 118 Å². The lowest BCUT2D eigenvalue weighted by Crippen LogP contribution is -2.54. The molecule has 4 aromatic rings. The van der Waals surface area contributed by atoms with Crippen LogP contribution in [0.5, 0.6) is 11.5 Å². The smallest absolute Gasteiger partial charge is 0.264 e. The highest BCUT2D eigenvalue weighted by Crippen LogP contribution is 2.34. The van der Waals surface area contributed by atoms with Crippen molar-refractivity contribution in [2.24, 2.45) is 0 Å². The van der Waals surface area contributed by atoms with E-state index in [2.05, 4.69) is 5.32 Å². The van der Waals surface area contributed by atoms with E-state index in [4.69, 9.17) is 32.7 Å². The monoisotopic (exact) mass is 713 g/mol. The van der Waals surface area contributed by atoms with Crippen LogP contribution >= 0.6 is 23.2 Å². The minimum absolute atomic E-state index is 0.0374. The van der Waals surface area contributed by atoms with E-state index >= 15 is 0 Å². The molecule has 0 bridgehead atoms. The second kappa shape index (κ2) is 15.3. The number of halogens is 3. The van der Waals surface area contributed by atoms with Gasteiger partial charge in [0.25, 0.3) is 10.0 Å². The summed E-state index contributed by atoms with van der Waals surface area (Å²) in [6.45, 7) is 3.29. The molecule has 9 nitrogen and oxygen atoms in total. The van der Waals surface area contributed by atoms with Crippen molar-refractivity contribution in [1.82, 2.24) is 10.2 Å².